The lowest BCUT2D eigenvalue weighted by Gasteiger charge is -2.39. The number of carboxylic acid groups (broad SMARTS) is 1. The highest BCUT2D eigenvalue weighted by molar-refractivity contribution is 5.74. The van der Waals surface area contributed by atoms with Crippen LogP contribution in [0.15, 0.2) is 18.2 Å². The van der Waals surface area contributed by atoms with Crippen LogP contribution in [0.5, 0.6) is 11.5 Å². The summed E-state index contributed by atoms with van der Waals surface area (Å²) in [5, 5.41) is 9.35. The quantitative estimate of drug-likeness (QED) is 0.910. The Morgan fingerprint density at radius 1 is 1.29 bits per heavy atom. The molecular formula is C18H24N2O4. The first-order chi connectivity index (χ1) is 11.5. The molecule has 3 aliphatic heterocycles. The molecule has 3 heterocycles. The van der Waals surface area contributed by atoms with E-state index in [-0.39, 0.29) is 11.5 Å². The third-order valence-corrected chi connectivity index (χ3v) is 5.79. The third kappa shape index (κ3) is 2.84. The molecule has 4 rings (SSSR count). The predicted molar refractivity (Wildman–Crippen MR) is 88.2 cm³/mol. The number of hydrogen-bond acceptors (Lipinski definition) is 5. The topological polar surface area (TPSA) is 62.2 Å². The van der Waals surface area contributed by atoms with Crippen molar-refractivity contribution in [2.75, 3.05) is 33.5 Å². The molecule has 2 saturated heterocycles. The molecule has 24 heavy (non-hydrogen) atoms. The van der Waals surface area contributed by atoms with Crippen molar-refractivity contribution < 1.29 is 19.4 Å². The van der Waals surface area contributed by atoms with Crippen LogP contribution in [-0.2, 0) is 11.3 Å². The van der Waals surface area contributed by atoms with E-state index in [9.17, 15) is 9.90 Å². The van der Waals surface area contributed by atoms with Gasteiger partial charge in [0.1, 0.15) is 6.04 Å². The number of nitrogens with zero attached hydrogens (tertiary/aromatic N) is 2. The first-order valence-corrected chi connectivity index (χ1v) is 8.59. The van der Waals surface area contributed by atoms with Crippen LogP contribution in [0.4, 0.5) is 0 Å². The Bertz CT molecular complexity index is 640. The van der Waals surface area contributed by atoms with Crippen molar-refractivity contribution >= 4 is 5.97 Å². The molecule has 1 atom stereocenters. The summed E-state index contributed by atoms with van der Waals surface area (Å²) in [7, 11) is 1.94. The number of aliphatic carboxylic acids is 1. The molecule has 1 spiro atoms. The molecule has 1 unspecified atom stereocenters. The van der Waals surface area contributed by atoms with Crippen LogP contribution in [0.1, 0.15) is 24.8 Å². The van der Waals surface area contributed by atoms with Gasteiger partial charge in [0.15, 0.2) is 11.5 Å². The van der Waals surface area contributed by atoms with Crippen LogP contribution in [0, 0.1) is 5.41 Å². The van der Waals surface area contributed by atoms with Crippen molar-refractivity contribution in [1.82, 2.24) is 9.80 Å². The van der Waals surface area contributed by atoms with Crippen LogP contribution in [-0.4, -0.2) is 60.4 Å². The fourth-order valence-electron chi connectivity index (χ4n) is 4.39. The van der Waals surface area contributed by atoms with Crippen LogP contribution < -0.4 is 9.47 Å². The van der Waals surface area contributed by atoms with E-state index in [1.165, 1.54) is 5.56 Å². The third-order valence-electron chi connectivity index (χ3n) is 5.79. The predicted octanol–water partition coefficient (Wildman–Crippen LogP) is 1.79. The van der Waals surface area contributed by atoms with Gasteiger partial charge in [-0.2, -0.15) is 0 Å². The minimum absolute atomic E-state index is 0.184. The summed E-state index contributed by atoms with van der Waals surface area (Å²) in [6.45, 7) is 4.17. The number of ether oxygens (including phenoxy) is 2. The Hall–Kier alpha value is -1.79. The second-order valence-corrected chi connectivity index (χ2v) is 7.44. The molecule has 1 aromatic rings. The second-order valence-electron chi connectivity index (χ2n) is 7.44. The summed E-state index contributed by atoms with van der Waals surface area (Å²) in [6.07, 6.45) is 2.94. The Kier molecular flexibility index (Phi) is 3.89. The van der Waals surface area contributed by atoms with Crippen molar-refractivity contribution in [3.63, 3.8) is 0 Å². The van der Waals surface area contributed by atoms with Gasteiger partial charge in [-0.3, -0.25) is 14.6 Å². The number of hydrogen-bond donors (Lipinski definition) is 1. The lowest BCUT2D eigenvalue weighted by molar-refractivity contribution is -0.141. The molecule has 0 aliphatic carbocycles. The van der Waals surface area contributed by atoms with Crippen LogP contribution >= 0.6 is 0 Å². The van der Waals surface area contributed by atoms with E-state index in [4.69, 9.17) is 9.47 Å². The zero-order chi connectivity index (χ0) is 16.7. The SMILES string of the molecule is CN1CC2(CCN(Cc3ccc4c(c3)OCO4)CC2)CC1C(=O)O. The fraction of sp³-hybridized carbons (Fsp3) is 0.611. The molecule has 1 aromatic carbocycles. The highest BCUT2D eigenvalue weighted by Gasteiger charge is 2.46. The Morgan fingerprint density at radius 2 is 2.04 bits per heavy atom. The number of fused-ring (bicyclic) bond motifs is 1. The van der Waals surface area contributed by atoms with Gasteiger partial charge >= 0.3 is 5.97 Å². The summed E-state index contributed by atoms with van der Waals surface area (Å²) in [6, 6.07) is 5.83. The molecule has 6 heteroatoms. The molecule has 0 bridgehead atoms. The van der Waals surface area contributed by atoms with Gasteiger partial charge in [0.25, 0.3) is 0 Å². The molecule has 1 N–H and O–H groups in total. The van der Waals surface area contributed by atoms with E-state index in [2.05, 4.69) is 17.0 Å². The highest BCUT2D eigenvalue weighted by Crippen LogP contribution is 2.43. The largest absolute Gasteiger partial charge is 0.480 e. The lowest BCUT2D eigenvalue weighted by Crippen LogP contribution is -2.40. The summed E-state index contributed by atoms with van der Waals surface area (Å²) in [4.78, 5) is 15.8. The normalized spacial score (nSPS) is 26.1. The van der Waals surface area contributed by atoms with Gasteiger partial charge in [-0.05, 0) is 62.5 Å². The molecule has 3 aliphatic rings. The van der Waals surface area contributed by atoms with Crippen LogP contribution in [0.2, 0.25) is 0 Å². The standard InChI is InChI=1S/C18H24N2O4/c1-19-11-18(9-14(19)17(21)22)4-6-20(7-5-18)10-13-2-3-15-16(8-13)24-12-23-15/h2-3,8,14H,4-7,9-12H2,1H3,(H,21,22). The zero-order valence-corrected chi connectivity index (χ0v) is 14.0. The summed E-state index contributed by atoms with van der Waals surface area (Å²) >= 11 is 0. The molecule has 6 nitrogen and oxygen atoms in total. The maximum Gasteiger partial charge on any atom is 0.320 e. The Labute approximate surface area is 141 Å². The van der Waals surface area contributed by atoms with Gasteiger partial charge < -0.3 is 14.6 Å². The summed E-state index contributed by atoms with van der Waals surface area (Å²) in [5.74, 6) is 0.977. The molecule has 0 saturated carbocycles. The number of rotatable bonds is 3. The average molecular weight is 332 g/mol. The van der Waals surface area contributed by atoms with Gasteiger partial charge in [0.05, 0.1) is 0 Å². The van der Waals surface area contributed by atoms with E-state index < -0.39 is 5.97 Å². The van der Waals surface area contributed by atoms with E-state index in [1.54, 1.807) is 0 Å². The van der Waals surface area contributed by atoms with Crippen molar-refractivity contribution in [1.29, 1.82) is 0 Å². The fourth-order valence-corrected chi connectivity index (χ4v) is 4.39. The van der Waals surface area contributed by atoms with Gasteiger partial charge in [-0.1, -0.05) is 6.07 Å². The lowest BCUT2D eigenvalue weighted by atomic mass is 9.76. The van der Waals surface area contributed by atoms with Crippen molar-refractivity contribution in [3.8, 4) is 11.5 Å². The molecule has 0 aromatic heterocycles. The van der Waals surface area contributed by atoms with Crippen LogP contribution in [0.25, 0.3) is 0 Å². The number of likely N-dealkylation sites (tertiary alicyclic amines) is 2. The van der Waals surface area contributed by atoms with Crippen molar-refractivity contribution in [2.45, 2.75) is 31.8 Å². The molecular weight excluding hydrogens is 308 g/mol. The van der Waals surface area contributed by atoms with Gasteiger partial charge in [-0.25, -0.2) is 0 Å². The maximum absolute atomic E-state index is 11.4. The van der Waals surface area contributed by atoms with E-state index in [0.29, 0.717) is 6.79 Å². The Balaban J connectivity index is 1.36. The molecule has 0 radical (unpaired) electrons. The van der Waals surface area contributed by atoms with Crippen LogP contribution in [0.3, 0.4) is 0 Å². The first-order valence-electron chi connectivity index (χ1n) is 8.59. The van der Waals surface area contributed by atoms with Gasteiger partial charge in [0, 0.05) is 13.1 Å². The maximum atomic E-state index is 11.4. The molecule has 0 amide bonds. The van der Waals surface area contributed by atoms with E-state index >= 15 is 0 Å². The second kappa shape index (κ2) is 5.93. The number of carboxylic acids is 1. The van der Waals surface area contributed by atoms with Crippen molar-refractivity contribution in [3.05, 3.63) is 23.8 Å². The minimum Gasteiger partial charge on any atom is -0.480 e. The number of benzene rings is 1. The summed E-state index contributed by atoms with van der Waals surface area (Å²) in [5.41, 5.74) is 1.42. The van der Waals surface area contributed by atoms with E-state index in [1.807, 2.05) is 18.0 Å². The highest BCUT2D eigenvalue weighted by atomic mass is 16.7. The number of piperidine rings is 1. The minimum atomic E-state index is -0.683. The smallest absolute Gasteiger partial charge is 0.320 e. The number of likely N-dealkylation sites (N-methyl/N-ethyl adjacent to an activating group) is 1. The van der Waals surface area contributed by atoms with Gasteiger partial charge in [0.2, 0.25) is 6.79 Å². The summed E-state index contributed by atoms with van der Waals surface area (Å²) < 4.78 is 10.8. The molecule has 130 valence electrons. The number of carbonyl (C=O) groups is 1. The van der Waals surface area contributed by atoms with Crippen molar-refractivity contribution in [2.24, 2.45) is 5.41 Å². The van der Waals surface area contributed by atoms with E-state index in [0.717, 1.165) is 56.9 Å². The Morgan fingerprint density at radius 3 is 2.75 bits per heavy atom. The first kappa shape index (κ1) is 15.7. The molecule has 2 fully saturated rings. The van der Waals surface area contributed by atoms with Gasteiger partial charge in [-0.15, -0.1) is 0 Å². The monoisotopic (exact) mass is 332 g/mol. The average Bonchev–Trinajstić information content (AvgIpc) is 3.14. The zero-order valence-electron chi connectivity index (χ0n) is 14.0.